The lowest BCUT2D eigenvalue weighted by molar-refractivity contribution is 0.580. The van der Waals surface area contributed by atoms with Crippen molar-refractivity contribution in [3.8, 4) is 11.3 Å². The van der Waals surface area contributed by atoms with Gasteiger partial charge in [-0.15, -0.1) is 0 Å². The molecule has 0 bridgehead atoms. The van der Waals surface area contributed by atoms with Crippen LogP contribution in [-0.4, -0.2) is 9.97 Å². The Hall–Kier alpha value is -1.91. The third-order valence-corrected chi connectivity index (χ3v) is 1.85. The van der Waals surface area contributed by atoms with Crippen molar-refractivity contribution in [1.82, 2.24) is 9.97 Å². The van der Waals surface area contributed by atoms with Gasteiger partial charge in [0.1, 0.15) is 23.7 Å². The van der Waals surface area contributed by atoms with Crippen molar-refractivity contribution in [2.24, 2.45) is 0 Å². The maximum absolute atomic E-state index is 13.2. The molecule has 1 heterocycles. The lowest BCUT2D eigenvalue weighted by Crippen LogP contribution is -1.93. The third-order valence-electron chi connectivity index (χ3n) is 1.85. The lowest BCUT2D eigenvalue weighted by Gasteiger charge is -2.02. The van der Waals surface area contributed by atoms with Gasteiger partial charge in [-0.2, -0.15) is 0 Å². The fourth-order valence-electron chi connectivity index (χ4n) is 1.19. The Morgan fingerprint density at radius 3 is 2.47 bits per heavy atom. The number of halogens is 3. The molecule has 0 spiro atoms. The molecule has 76 valence electrons. The number of nitrogens with zero attached hydrogens (tertiary/aromatic N) is 2. The van der Waals surface area contributed by atoms with Crippen LogP contribution in [0.25, 0.3) is 11.3 Å². The summed E-state index contributed by atoms with van der Waals surface area (Å²) in [5.41, 5.74) is -0.265. The van der Waals surface area contributed by atoms with E-state index in [1.165, 1.54) is 0 Å². The Morgan fingerprint density at radius 1 is 1.00 bits per heavy atom. The minimum atomic E-state index is -0.854. The van der Waals surface area contributed by atoms with Gasteiger partial charge in [0.2, 0.25) is 0 Å². The second-order valence-corrected chi connectivity index (χ2v) is 2.84. The zero-order chi connectivity index (χ0) is 10.8. The van der Waals surface area contributed by atoms with E-state index in [0.29, 0.717) is 6.07 Å². The predicted octanol–water partition coefficient (Wildman–Crippen LogP) is 2.56. The highest BCUT2D eigenvalue weighted by atomic mass is 19.1. The highest BCUT2D eigenvalue weighted by molar-refractivity contribution is 5.59. The molecule has 0 unspecified atom stereocenters. The van der Waals surface area contributed by atoms with E-state index in [4.69, 9.17) is 0 Å². The number of rotatable bonds is 1. The minimum absolute atomic E-state index is 0.0868. The van der Waals surface area contributed by atoms with Crippen LogP contribution in [0.4, 0.5) is 13.2 Å². The van der Waals surface area contributed by atoms with Crippen LogP contribution in [-0.2, 0) is 0 Å². The van der Waals surface area contributed by atoms with Crippen LogP contribution in [0.2, 0.25) is 0 Å². The molecule has 2 nitrogen and oxygen atoms in total. The van der Waals surface area contributed by atoms with Crippen LogP contribution in [0, 0.1) is 17.5 Å². The van der Waals surface area contributed by atoms with Gasteiger partial charge in [0.25, 0.3) is 0 Å². The van der Waals surface area contributed by atoms with Crippen molar-refractivity contribution >= 4 is 0 Å². The average molecular weight is 210 g/mol. The standard InChI is InChI=1S/C10H5F3N2/c11-6-1-2-7(8(12)3-6)10-9(13)4-14-5-15-10/h1-5H. The summed E-state index contributed by atoms with van der Waals surface area (Å²) >= 11 is 0. The summed E-state index contributed by atoms with van der Waals surface area (Å²) in [4.78, 5) is 7.03. The van der Waals surface area contributed by atoms with E-state index in [1.54, 1.807) is 0 Å². The Balaban J connectivity index is 2.60. The molecule has 1 aromatic heterocycles. The molecular formula is C10H5F3N2. The van der Waals surface area contributed by atoms with E-state index in [9.17, 15) is 13.2 Å². The summed E-state index contributed by atoms with van der Waals surface area (Å²) in [6.45, 7) is 0. The van der Waals surface area contributed by atoms with Gasteiger partial charge in [-0.25, -0.2) is 23.1 Å². The first-order chi connectivity index (χ1) is 7.18. The van der Waals surface area contributed by atoms with E-state index in [0.717, 1.165) is 24.7 Å². The van der Waals surface area contributed by atoms with Gasteiger partial charge in [-0.05, 0) is 12.1 Å². The number of aromatic nitrogens is 2. The molecule has 1 aromatic carbocycles. The van der Waals surface area contributed by atoms with Crippen molar-refractivity contribution < 1.29 is 13.2 Å². The molecule has 0 fully saturated rings. The van der Waals surface area contributed by atoms with E-state index >= 15 is 0 Å². The molecule has 0 aliphatic heterocycles. The molecule has 0 radical (unpaired) electrons. The Bertz CT molecular complexity index is 500. The van der Waals surface area contributed by atoms with Crippen molar-refractivity contribution in [2.75, 3.05) is 0 Å². The highest BCUT2D eigenvalue weighted by Crippen LogP contribution is 2.22. The van der Waals surface area contributed by atoms with Crippen LogP contribution in [0.5, 0.6) is 0 Å². The van der Waals surface area contributed by atoms with Gasteiger partial charge in [0.05, 0.1) is 6.20 Å². The van der Waals surface area contributed by atoms with Gasteiger partial charge in [0, 0.05) is 11.6 Å². The SMILES string of the molecule is Fc1ccc(-c2ncncc2F)c(F)c1. The fraction of sp³-hybridized carbons (Fsp3) is 0. The molecule has 2 aromatic rings. The van der Waals surface area contributed by atoms with Gasteiger partial charge in [-0.1, -0.05) is 0 Å². The number of benzene rings is 1. The Morgan fingerprint density at radius 2 is 1.80 bits per heavy atom. The maximum Gasteiger partial charge on any atom is 0.167 e. The highest BCUT2D eigenvalue weighted by Gasteiger charge is 2.11. The molecule has 0 aliphatic carbocycles. The smallest absolute Gasteiger partial charge is 0.167 e. The molecule has 0 atom stereocenters. The Kier molecular flexibility index (Phi) is 2.37. The molecule has 0 N–H and O–H groups in total. The number of hydrogen-bond acceptors (Lipinski definition) is 2. The van der Waals surface area contributed by atoms with Crippen LogP contribution >= 0.6 is 0 Å². The molecule has 0 saturated heterocycles. The van der Waals surface area contributed by atoms with Crippen LogP contribution < -0.4 is 0 Å². The van der Waals surface area contributed by atoms with Crippen molar-refractivity contribution in [3.63, 3.8) is 0 Å². The lowest BCUT2D eigenvalue weighted by atomic mass is 10.1. The summed E-state index contributed by atoms with van der Waals surface area (Å²) in [7, 11) is 0. The summed E-state index contributed by atoms with van der Waals surface area (Å²) in [6, 6.07) is 2.85. The second kappa shape index (κ2) is 3.68. The fourth-order valence-corrected chi connectivity index (χ4v) is 1.19. The topological polar surface area (TPSA) is 25.8 Å². The molecular weight excluding hydrogens is 205 g/mol. The first-order valence-corrected chi connectivity index (χ1v) is 4.09. The van der Waals surface area contributed by atoms with Crippen LogP contribution in [0.1, 0.15) is 0 Å². The largest absolute Gasteiger partial charge is 0.242 e. The zero-order valence-corrected chi connectivity index (χ0v) is 7.42. The van der Waals surface area contributed by atoms with Gasteiger partial charge in [0.15, 0.2) is 5.82 Å². The maximum atomic E-state index is 13.2. The van der Waals surface area contributed by atoms with Gasteiger partial charge >= 0.3 is 0 Å². The normalized spacial score (nSPS) is 10.3. The Labute approximate surface area is 83.4 Å². The van der Waals surface area contributed by atoms with Crippen LogP contribution in [0.15, 0.2) is 30.7 Å². The van der Waals surface area contributed by atoms with Crippen LogP contribution in [0.3, 0.4) is 0 Å². The first-order valence-electron chi connectivity index (χ1n) is 4.09. The monoisotopic (exact) mass is 210 g/mol. The molecule has 5 heteroatoms. The summed E-state index contributed by atoms with van der Waals surface area (Å²) in [5, 5.41) is 0. The summed E-state index contributed by atoms with van der Waals surface area (Å²) in [6.07, 6.45) is 2.02. The molecule has 15 heavy (non-hydrogen) atoms. The minimum Gasteiger partial charge on any atom is -0.242 e. The molecule has 0 amide bonds. The zero-order valence-electron chi connectivity index (χ0n) is 7.42. The summed E-state index contributed by atoms with van der Waals surface area (Å²) in [5.74, 6) is -2.32. The van der Waals surface area contributed by atoms with Crippen molar-refractivity contribution in [3.05, 3.63) is 48.2 Å². The van der Waals surface area contributed by atoms with Gasteiger partial charge in [-0.3, -0.25) is 0 Å². The van der Waals surface area contributed by atoms with Gasteiger partial charge < -0.3 is 0 Å². The summed E-state index contributed by atoms with van der Waals surface area (Å²) < 4.78 is 39.0. The van der Waals surface area contributed by atoms with E-state index in [2.05, 4.69) is 9.97 Å². The first kappa shape index (κ1) is 9.64. The average Bonchev–Trinajstić information content (AvgIpc) is 2.20. The van der Waals surface area contributed by atoms with Crippen molar-refractivity contribution in [2.45, 2.75) is 0 Å². The quantitative estimate of drug-likeness (QED) is 0.722. The van der Waals surface area contributed by atoms with E-state index in [1.807, 2.05) is 0 Å². The number of hydrogen-bond donors (Lipinski definition) is 0. The molecule has 0 saturated carbocycles. The second-order valence-electron chi connectivity index (χ2n) is 2.84. The van der Waals surface area contributed by atoms with Crippen molar-refractivity contribution in [1.29, 1.82) is 0 Å². The van der Waals surface area contributed by atoms with E-state index in [-0.39, 0.29) is 11.3 Å². The molecule has 0 aliphatic rings. The molecule has 2 rings (SSSR count). The van der Waals surface area contributed by atoms with E-state index < -0.39 is 17.5 Å². The predicted molar refractivity (Wildman–Crippen MR) is 47.3 cm³/mol. The third kappa shape index (κ3) is 1.81.